The molecule has 0 aromatic heterocycles. The normalized spacial score (nSPS) is 12.8. The predicted molar refractivity (Wildman–Crippen MR) is 87.9 cm³/mol. The molecule has 0 aliphatic carbocycles. The molecule has 0 bridgehead atoms. The van der Waals surface area contributed by atoms with Gasteiger partial charge in [-0.1, -0.05) is 48.3 Å². The summed E-state index contributed by atoms with van der Waals surface area (Å²) in [4.78, 5) is 23.7. The van der Waals surface area contributed by atoms with Crippen LogP contribution in [0.25, 0.3) is 0 Å². The van der Waals surface area contributed by atoms with Crippen LogP contribution in [-0.2, 0) is 19.1 Å². The first-order valence-corrected chi connectivity index (χ1v) is 8.71. The molecule has 0 saturated carbocycles. The summed E-state index contributed by atoms with van der Waals surface area (Å²) in [7, 11) is 1.31. The maximum Gasteiger partial charge on any atom is 0.320 e. The van der Waals surface area contributed by atoms with Gasteiger partial charge in [0, 0.05) is 0 Å². The number of hydrogen-bond donors (Lipinski definition) is 0. The summed E-state index contributed by atoms with van der Waals surface area (Å²) in [5, 5.41) is 0. The molecule has 0 saturated heterocycles. The van der Waals surface area contributed by atoms with Crippen LogP contribution >= 0.6 is 22.6 Å². The van der Waals surface area contributed by atoms with Gasteiger partial charge in [-0.15, -0.1) is 0 Å². The van der Waals surface area contributed by atoms with Crippen LogP contribution in [0.2, 0.25) is 0 Å². The van der Waals surface area contributed by atoms with Gasteiger partial charge in [0.05, 0.1) is 7.11 Å². The van der Waals surface area contributed by atoms with Gasteiger partial charge in [0.1, 0.15) is 5.60 Å². The van der Waals surface area contributed by atoms with Crippen molar-refractivity contribution < 1.29 is 19.1 Å². The Morgan fingerprint density at radius 2 is 1.55 bits per heavy atom. The molecule has 0 radical (unpaired) electrons. The van der Waals surface area contributed by atoms with Gasteiger partial charge >= 0.3 is 11.9 Å². The average Bonchev–Trinajstić information content (AvgIpc) is 2.35. The van der Waals surface area contributed by atoms with E-state index >= 15 is 0 Å². The van der Waals surface area contributed by atoms with Crippen LogP contribution < -0.4 is 0 Å². The number of halogens is 1. The van der Waals surface area contributed by atoms with Crippen LogP contribution in [0.1, 0.15) is 59.3 Å². The van der Waals surface area contributed by atoms with Crippen LogP contribution in [0.15, 0.2) is 0 Å². The Bertz CT molecular complexity index is 297. The Morgan fingerprint density at radius 3 is 2.05 bits per heavy atom. The highest BCUT2D eigenvalue weighted by Gasteiger charge is 2.31. The summed E-state index contributed by atoms with van der Waals surface area (Å²) in [6, 6.07) is 0. The van der Waals surface area contributed by atoms with Crippen molar-refractivity contribution in [3.8, 4) is 0 Å². The maximum atomic E-state index is 12.0. The average molecular weight is 398 g/mol. The Kier molecular flexibility index (Phi) is 10.2. The number of carbonyl (C=O) groups excluding carboxylic acids is 2. The number of rotatable bonds is 9. The third kappa shape index (κ3) is 9.55. The second-order valence-corrected chi connectivity index (χ2v) is 6.93. The third-order valence-corrected chi connectivity index (χ3v) is 3.57. The third-order valence-electron chi connectivity index (χ3n) is 2.80. The molecule has 5 heteroatoms. The molecule has 0 N–H and O–H groups in total. The Balaban J connectivity index is 4.23. The molecule has 4 nitrogen and oxygen atoms in total. The van der Waals surface area contributed by atoms with E-state index in [0.717, 1.165) is 19.3 Å². The molecule has 0 heterocycles. The highest BCUT2D eigenvalue weighted by atomic mass is 127. The van der Waals surface area contributed by atoms with E-state index in [4.69, 9.17) is 9.47 Å². The van der Waals surface area contributed by atoms with Crippen molar-refractivity contribution in [3.05, 3.63) is 0 Å². The fourth-order valence-electron chi connectivity index (χ4n) is 1.82. The molecule has 20 heavy (non-hydrogen) atoms. The van der Waals surface area contributed by atoms with E-state index in [1.165, 1.54) is 24.4 Å². The number of hydrogen-bond acceptors (Lipinski definition) is 4. The van der Waals surface area contributed by atoms with Crippen LogP contribution in [0, 0.1) is 5.92 Å². The molecule has 0 aliphatic rings. The topological polar surface area (TPSA) is 52.6 Å². The second-order valence-electron chi connectivity index (χ2n) is 5.85. The summed E-state index contributed by atoms with van der Waals surface area (Å²) in [5.74, 6) is -1.76. The van der Waals surface area contributed by atoms with Crippen molar-refractivity contribution in [3.63, 3.8) is 0 Å². The smallest absolute Gasteiger partial charge is 0.320 e. The zero-order valence-electron chi connectivity index (χ0n) is 13.0. The Morgan fingerprint density at radius 1 is 1.00 bits per heavy atom. The zero-order valence-corrected chi connectivity index (χ0v) is 15.2. The van der Waals surface area contributed by atoms with Crippen molar-refractivity contribution in [1.29, 1.82) is 0 Å². The van der Waals surface area contributed by atoms with E-state index in [1.54, 1.807) is 20.8 Å². The first kappa shape index (κ1) is 19.7. The lowest BCUT2D eigenvalue weighted by Crippen LogP contribution is -2.33. The fraction of sp³-hybridized carbons (Fsp3) is 0.867. The van der Waals surface area contributed by atoms with Crippen molar-refractivity contribution in [2.45, 2.75) is 64.9 Å². The molecule has 1 unspecified atom stereocenters. The number of alkyl halides is 1. The minimum absolute atomic E-state index is 0.475. The number of esters is 2. The quantitative estimate of drug-likeness (QED) is 0.194. The molecule has 1 atom stereocenters. The second kappa shape index (κ2) is 10.4. The first-order chi connectivity index (χ1) is 9.31. The van der Waals surface area contributed by atoms with Gasteiger partial charge in [0.15, 0.2) is 5.92 Å². The molecule has 0 amide bonds. The molecular weight excluding hydrogens is 371 g/mol. The number of unbranched alkanes of at least 4 members (excludes halogenated alkanes) is 4. The highest BCUT2D eigenvalue weighted by Crippen LogP contribution is 2.18. The summed E-state index contributed by atoms with van der Waals surface area (Å²) < 4.78 is 11.2. The molecule has 118 valence electrons. The van der Waals surface area contributed by atoms with E-state index in [0.29, 0.717) is 6.42 Å². The molecule has 0 aliphatic heterocycles. The Labute approximate surface area is 136 Å². The number of methoxy groups -OCH3 is 1. The number of ether oxygens (including phenoxy) is 2. The summed E-state index contributed by atoms with van der Waals surface area (Å²) in [6.07, 6.45) is 5.97. The van der Waals surface area contributed by atoms with Crippen LogP contribution in [0.5, 0.6) is 0 Å². The summed E-state index contributed by atoms with van der Waals surface area (Å²) in [5.41, 5.74) is -0.580. The lowest BCUT2D eigenvalue weighted by atomic mass is 10.00. The van der Waals surface area contributed by atoms with Gasteiger partial charge in [-0.3, -0.25) is 9.59 Å². The van der Waals surface area contributed by atoms with Crippen LogP contribution in [0.3, 0.4) is 0 Å². The minimum atomic E-state index is -0.788. The van der Waals surface area contributed by atoms with Gasteiger partial charge in [-0.25, -0.2) is 0 Å². The predicted octanol–water partition coefficient (Wildman–Crippen LogP) is 3.89. The monoisotopic (exact) mass is 398 g/mol. The number of carbonyl (C=O) groups is 2. The fourth-order valence-corrected chi connectivity index (χ4v) is 2.36. The van der Waals surface area contributed by atoms with E-state index < -0.39 is 23.5 Å². The SMILES string of the molecule is COC(=O)C(CCCCCCCI)C(=O)OC(C)(C)C. The van der Waals surface area contributed by atoms with Crippen LogP contribution in [0.4, 0.5) is 0 Å². The van der Waals surface area contributed by atoms with Crippen molar-refractivity contribution in [1.82, 2.24) is 0 Å². The molecule has 0 aromatic carbocycles. The molecule has 0 fully saturated rings. The van der Waals surface area contributed by atoms with Crippen molar-refractivity contribution in [2.24, 2.45) is 5.92 Å². The highest BCUT2D eigenvalue weighted by molar-refractivity contribution is 14.1. The first-order valence-electron chi connectivity index (χ1n) is 7.18. The van der Waals surface area contributed by atoms with Gasteiger partial charge in [-0.05, 0) is 38.0 Å². The standard InChI is InChI=1S/C15H27IO4/c1-15(2,3)20-14(18)12(13(17)19-4)10-8-6-5-7-9-11-16/h12H,5-11H2,1-4H3. The zero-order chi connectivity index (χ0) is 15.6. The van der Waals surface area contributed by atoms with Gasteiger partial charge < -0.3 is 9.47 Å². The molecule has 0 rings (SSSR count). The lowest BCUT2D eigenvalue weighted by molar-refractivity contribution is -0.168. The Hall–Kier alpha value is -0.330. The summed E-state index contributed by atoms with van der Waals surface area (Å²) in [6.45, 7) is 5.38. The molecular formula is C15H27IO4. The van der Waals surface area contributed by atoms with Crippen LogP contribution in [-0.4, -0.2) is 29.1 Å². The molecule has 0 spiro atoms. The minimum Gasteiger partial charge on any atom is -0.468 e. The van der Waals surface area contributed by atoms with Crippen molar-refractivity contribution in [2.75, 3.05) is 11.5 Å². The van der Waals surface area contributed by atoms with E-state index in [9.17, 15) is 9.59 Å². The van der Waals surface area contributed by atoms with Gasteiger partial charge in [0.25, 0.3) is 0 Å². The molecule has 0 aromatic rings. The summed E-state index contributed by atoms with van der Waals surface area (Å²) >= 11 is 2.37. The van der Waals surface area contributed by atoms with E-state index in [1.807, 2.05) is 0 Å². The van der Waals surface area contributed by atoms with Crippen molar-refractivity contribution >= 4 is 34.5 Å². The van der Waals surface area contributed by atoms with Gasteiger partial charge in [0.2, 0.25) is 0 Å². The van der Waals surface area contributed by atoms with E-state index in [2.05, 4.69) is 22.6 Å². The van der Waals surface area contributed by atoms with Gasteiger partial charge in [-0.2, -0.15) is 0 Å². The maximum absolute atomic E-state index is 12.0. The van der Waals surface area contributed by atoms with E-state index in [-0.39, 0.29) is 0 Å². The lowest BCUT2D eigenvalue weighted by Gasteiger charge is -2.22. The largest absolute Gasteiger partial charge is 0.468 e.